The van der Waals surface area contributed by atoms with Gasteiger partial charge in [-0.1, -0.05) is 13.3 Å². The van der Waals surface area contributed by atoms with E-state index in [0.29, 0.717) is 5.92 Å². The standard InChI is InChI=1S/C21H26N8S.2C20H25N9S.C18H21N9S/c1-4-15-5-7-28(8-6-15)18-10-19(24-20-9-14(2)26-30-20)29-21(25-18)17(12-23-29)16-11-22-27(3)13-16;1-13-7-19(30-26-13)24-18-8-17(28-5-3-14(9-21)4-6-28)25-20-16(11-23-29(18)20)15-10-22-27(2)12-15;1-14-9-19(30-26-14)24-18-10-17(28-7-4-3-5-21-6-8-28)25-20-16(12-23-29(18)20)15-11-22-27(2)13-15;1-12-7-17(28-24-12)22-16-8-15(26-5-3-19-4-6-26)23-18-14(10-21-27(16)18)13-9-20-25(2)11-13/h9-13,15,24H,4-8H2,1-3H3;7-8,10-12,14,24H,3-6,9,21H2,1-2H3;9-13,21,24H,3-8H2,1-2H3;7-11,19,22H,3-6H2,1-2H3. The fraction of sp³-hybridized carbons (Fsp3) is 0.392. The van der Waals surface area contributed by atoms with Crippen LogP contribution in [0.1, 0.15) is 74.6 Å². The number of nitrogens with zero attached hydrogens (tertiary/aromatic N) is 28. The minimum absolute atomic E-state index is 0.601. The molecule has 0 unspecified atom stereocenters. The highest BCUT2D eigenvalue weighted by atomic mass is 32.1. The summed E-state index contributed by atoms with van der Waals surface area (Å²) in [5.74, 6) is 8.79. The zero-order chi connectivity index (χ0) is 80.9. The first kappa shape index (κ1) is 78.6. The van der Waals surface area contributed by atoms with Crippen molar-refractivity contribution in [2.24, 2.45) is 45.8 Å². The predicted molar refractivity (Wildman–Crippen MR) is 470 cm³/mol. The number of piperidine rings is 2. The van der Waals surface area contributed by atoms with Crippen molar-refractivity contribution in [1.29, 1.82) is 0 Å². The Kier molecular flexibility index (Phi) is 23.4. The molecule has 0 aromatic carbocycles. The van der Waals surface area contributed by atoms with Crippen LogP contribution < -0.4 is 57.2 Å². The van der Waals surface area contributed by atoms with Crippen molar-refractivity contribution in [3.8, 4) is 44.5 Å². The number of aryl methyl sites for hydroxylation is 8. The maximum atomic E-state index is 5.88. The second kappa shape index (κ2) is 35.1. The fourth-order valence-corrected chi connectivity index (χ4v) is 17.8. The molecule has 0 aliphatic carbocycles. The molecule has 0 spiro atoms. The Hall–Kier alpha value is -11.9. The average Bonchev–Trinajstić information content (AvgIpc) is 1.64. The number of aromatic nitrogens is 24. The molecule has 0 atom stereocenters. The van der Waals surface area contributed by atoms with E-state index in [2.05, 4.69) is 147 Å². The summed E-state index contributed by atoms with van der Waals surface area (Å²) in [6, 6.07) is 16.5. The molecule has 4 aliphatic heterocycles. The first-order valence-electron chi connectivity index (χ1n) is 40.0. The lowest BCUT2D eigenvalue weighted by Gasteiger charge is -2.32. The van der Waals surface area contributed by atoms with Gasteiger partial charge in [0.25, 0.3) is 0 Å². The highest BCUT2D eigenvalue weighted by Crippen LogP contribution is 2.38. The van der Waals surface area contributed by atoms with Crippen molar-refractivity contribution in [3.63, 3.8) is 0 Å². The number of rotatable bonds is 18. The smallest absolute Gasteiger partial charge is 0.167 e. The largest absolute Gasteiger partial charge is 0.356 e. The molecule has 612 valence electrons. The maximum absolute atomic E-state index is 5.88. The zero-order valence-corrected chi connectivity index (χ0v) is 70.8. The van der Waals surface area contributed by atoms with Crippen molar-refractivity contribution in [2.75, 3.05) is 126 Å². The van der Waals surface area contributed by atoms with E-state index in [4.69, 9.17) is 25.7 Å². The first-order chi connectivity index (χ1) is 57.5. The van der Waals surface area contributed by atoms with Crippen LogP contribution in [0.25, 0.3) is 67.1 Å². The van der Waals surface area contributed by atoms with Crippen LogP contribution in [0, 0.1) is 39.5 Å². The lowest BCUT2D eigenvalue weighted by atomic mass is 9.94. The Morgan fingerprint density at radius 2 is 0.644 bits per heavy atom. The molecular weight excluding hydrogens is 1570 g/mol. The molecule has 4 fully saturated rings. The highest BCUT2D eigenvalue weighted by molar-refractivity contribution is 7.11. The number of piperazine rings is 1. The summed E-state index contributed by atoms with van der Waals surface area (Å²) in [7, 11) is 7.66. The van der Waals surface area contributed by atoms with E-state index in [9.17, 15) is 0 Å². The molecule has 20 heterocycles. The highest BCUT2D eigenvalue weighted by Gasteiger charge is 2.27. The number of nitrogens with one attached hydrogen (secondary N) is 6. The second-order valence-corrected chi connectivity index (χ2v) is 33.5. The number of hydrogen-bond donors (Lipinski definition) is 7. The molecule has 16 aromatic heterocycles. The van der Waals surface area contributed by atoms with Gasteiger partial charge in [0.15, 0.2) is 22.6 Å². The van der Waals surface area contributed by atoms with Gasteiger partial charge in [0.05, 0.1) is 72.4 Å². The minimum atomic E-state index is 0.601. The van der Waals surface area contributed by atoms with Gasteiger partial charge in [0, 0.05) is 194 Å². The van der Waals surface area contributed by atoms with E-state index in [1.54, 1.807) is 18.7 Å². The molecule has 0 radical (unpaired) electrons. The summed E-state index contributed by atoms with van der Waals surface area (Å²) in [6.07, 6.45) is 31.0. The molecule has 20 rings (SSSR count). The summed E-state index contributed by atoms with van der Waals surface area (Å²) in [5, 5.41) is 60.5. The van der Waals surface area contributed by atoms with Gasteiger partial charge in [-0.25, -0.2) is 19.9 Å². The van der Waals surface area contributed by atoms with Crippen LogP contribution in [0.3, 0.4) is 0 Å². The predicted octanol–water partition coefficient (Wildman–Crippen LogP) is 12.0. The minimum Gasteiger partial charge on any atom is -0.356 e. The maximum Gasteiger partial charge on any atom is 0.167 e. The third-order valence-corrected chi connectivity index (χ3v) is 24.7. The van der Waals surface area contributed by atoms with Gasteiger partial charge in [-0.15, -0.1) is 0 Å². The molecule has 0 saturated carbocycles. The van der Waals surface area contributed by atoms with Crippen molar-refractivity contribution in [2.45, 2.75) is 79.6 Å². The Morgan fingerprint density at radius 1 is 0.356 bits per heavy atom. The van der Waals surface area contributed by atoms with Gasteiger partial charge in [0.2, 0.25) is 0 Å². The van der Waals surface area contributed by atoms with Gasteiger partial charge in [0.1, 0.15) is 66.5 Å². The summed E-state index contributed by atoms with van der Waals surface area (Å²) >= 11 is 5.78. The van der Waals surface area contributed by atoms with Crippen LogP contribution in [0.15, 0.2) is 123 Å². The molecule has 0 amide bonds. The SMILES string of the molecule is CCC1CCN(c2cc(Nc3cc(C)ns3)n3ncc(-c4cnn(C)c4)c3n2)CC1.Cc1cc(Nc2cc(N3CCC(CN)CC3)nc3c(-c4cnn(C)c4)cnn23)sn1.Cc1cc(Nc2cc(N3CCCCNCC3)nc3c(-c4cnn(C)c4)cnn23)sn1.Cc1cc(Nc2cc(N3CCNCC3)nc3c(-c4cnn(C)c4)cnn23)sn1. The quantitative estimate of drug-likeness (QED) is 0.0419. The lowest BCUT2D eigenvalue weighted by molar-refractivity contribution is 0.394. The number of nitrogens with two attached hydrogens (primary N) is 1. The van der Waals surface area contributed by atoms with Crippen molar-refractivity contribution in [1.82, 2.24) is 126 Å². The molecule has 0 bridgehead atoms. The van der Waals surface area contributed by atoms with Gasteiger partial charge >= 0.3 is 0 Å². The van der Waals surface area contributed by atoms with Crippen LogP contribution in [-0.4, -0.2) is 200 Å². The summed E-state index contributed by atoms with van der Waals surface area (Å²) in [4.78, 5) is 29.4. The number of hydrogen-bond acceptors (Lipinski definition) is 31. The second-order valence-electron chi connectivity index (χ2n) is 30.3. The zero-order valence-electron chi connectivity index (χ0n) is 67.6. The molecule has 8 N–H and O–H groups in total. The van der Waals surface area contributed by atoms with Gasteiger partial charge in [-0.3, -0.25) is 18.7 Å². The number of anilines is 12. The van der Waals surface area contributed by atoms with Crippen molar-refractivity contribution < 1.29 is 0 Å². The van der Waals surface area contributed by atoms with Crippen LogP contribution in [0.2, 0.25) is 0 Å². The van der Waals surface area contributed by atoms with E-state index in [-0.39, 0.29) is 0 Å². The topological polar surface area (TPSA) is 355 Å². The third kappa shape index (κ3) is 17.7. The fourth-order valence-electron chi connectivity index (χ4n) is 15.1. The third-order valence-electron chi connectivity index (χ3n) is 21.6. The Morgan fingerprint density at radius 3 is 0.915 bits per heavy atom. The Labute approximate surface area is 698 Å². The molecular formula is C79H97N35S4. The van der Waals surface area contributed by atoms with Crippen LogP contribution >= 0.6 is 46.1 Å². The summed E-state index contributed by atoms with van der Waals surface area (Å²) < 4.78 is 32.1. The van der Waals surface area contributed by atoms with E-state index in [0.717, 1.165) is 267 Å². The Bertz CT molecular complexity index is 5880. The molecule has 35 nitrogen and oxygen atoms in total. The molecule has 39 heteroatoms. The van der Waals surface area contributed by atoms with E-state index >= 15 is 0 Å². The van der Waals surface area contributed by atoms with Crippen LogP contribution in [-0.2, 0) is 28.2 Å². The normalized spacial score (nSPS) is 15.1. The lowest BCUT2D eigenvalue weighted by Crippen LogP contribution is -2.44. The van der Waals surface area contributed by atoms with Crippen LogP contribution in [0.4, 0.5) is 66.5 Å². The monoisotopic (exact) mass is 1660 g/mol. The Balaban J connectivity index is 0.000000113. The summed E-state index contributed by atoms with van der Waals surface area (Å²) in [5.41, 5.74) is 21.1. The average molecular weight is 1670 g/mol. The van der Waals surface area contributed by atoms with Crippen molar-refractivity contribution >= 4 is 135 Å². The van der Waals surface area contributed by atoms with Gasteiger partial charge < -0.3 is 57.2 Å². The van der Waals surface area contributed by atoms with Crippen LogP contribution in [0.5, 0.6) is 0 Å². The van der Waals surface area contributed by atoms with E-state index in [1.807, 2.05) is 167 Å². The van der Waals surface area contributed by atoms with E-state index in [1.165, 1.54) is 71.8 Å². The molecule has 4 aliphatic rings. The molecule has 118 heavy (non-hydrogen) atoms. The van der Waals surface area contributed by atoms with Gasteiger partial charge in [-0.2, -0.15) is 76.3 Å². The van der Waals surface area contributed by atoms with Gasteiger partial charge in [-0.05, 0) is 162 Å². The molecule has 4 saturated heterocycles. The number of fused-ring (bicyclic) bond motifs is 4. The van der Waals surface area contributed by atoms with E-state index < -0.39 is 0 Å². The molecule has 16 aromatic rings. The first-order valence-corrected chi connectivity index (χ1v) is 43.1. The van der Waals surface area contributed by atoms with Crippen molar-refractivity contribution in [3.05, 3.63) is 146 Å². The summed E-state index contributed by atoms with van der Waals surface area (Å²) in [6.45, 7) is 22.8.